The minimum absolute atomic E-state index is 0. The summed E-state index contributed by atoms with van der Waals surface area (Å²) in [6.07, 6.45) is 7.52. The number of halogens is 1. The maximum Gasteiger partial charge on any atom is 0.220 e. The molecule has 1 fully saturated rings. The summed E-state index contributed by atoms with van der Waals surface area (Å²) < 4.78 is 1.89. The van der Waals surface area contributed by atoms with Gasteiger partial charge in [0, 0.05) is 31.4 Å². The maximum atomic E-state index is 12.2. The Kier molecular flexibility index (Phi) is 6.82. The van der Waals surface area contributed by atoms with Crippen LogP contribution >= 0.6 is 12.4 Å². The van der Waals surface area contributed by atoms with Gasteiger partial charge in [-0.3, -0.25) is 9.48 Å². The van der Waals surface area contributed by atoms with E-state index in [9.17, 15) is 4.79 Å². The Morgan fingerprint density at radius 2 is 2.04 bits per heavy atom. The highest BCUT2D eigenvalue weighted by Crippen LogP contribution is 2.26. The molecule has 6 heteroatoms. The number of benzene rings is 1. The van der Waals surface area contributed by atoms with Crippen LogP contribution in [0.25, 0.3) is 0 Å². The van der Waals surface area contributed by atoms with E-state index in [1.807, 2.05) is 29.1 Å². The minimum Gasteiger partial charge on any atom is -0.352 e. The molecule has 0 unspecified atom stereocenters. The van der Waals surface area contributed by atoms with E-state index >= 15 is 0 Å². The first-order chi connectivity index (χ1) is 11.2. The lowest BCUT2D eigenvalue weighted by molar-refractivity contribution is -0.122. The first-order valence-electron chi connectivity index (χ1n) is 8.29. The lowest BCUT2D eigenvalue weighted by Crippen LogP contribution is -2.31. The van der Waals surface area contributed by atoms with Crippen LogP contribution in [0.5, 0.6) is 0 Å². The first-order valence-corrected chi connectivity index (χ1v) is 8.29. The first kappa shape index (κ1) is 18.5. The number of hydrogen-bond acceptors (Lipinski definition) is 3. The van der Waals surface area contributed by atoms with Crippen molar-refractivity contribution in [2.75, 3.05) is 0 Å². The third kappa shape index (κ3) is 4.82. The van der Waals surface area contributed by atoms with Crippen molar-refractivity contribution in [1.29, 1.82) is 0 Å². The van der Waals surface area contributed by atoms with Crippen molar-refractivity contribution < 1.29 is 4.79 Å². The number of nitrogens with zero attached hydrogens (tertiary/aromatic N) is 2. The summed E-state index contributed by atoms with van der Waals surface area (Å²) in [4.78, 5) is 12.2. The van der Waals surface area contributed by atoms with Gasteiger partial charge in [-0.15, -0.1) is 12.4 Å². The normalized spacial score (nSPS) is 19.7. The zero-order chi connectivity index (χ0) is 16.1. The molecule has 1 aliphatic rings. The van der Waals surface area contributed by atoms with Crippen molar-refractivity contribution >= 4 is 18.3 Å². The van der Waals surface area contributed by atoms with Gasteiger partial charge in [-0.05, 0) is 36.0 Å². The van der Waals surface area contributed by atoms with Crippen LogP contribution in [0.2, 0.25) is 0 Å². The smallest absolute Gasteiger partial charge is 0.220 e. The van der Waals surface area contributed by atoms with Crippen molar-refractivity contribution in [3.05, 3.63) is 53.9 Å². The molecule has 3 N–H and O–H groups in total. The van der Waals surface area contributed by atoms with Crippen molar-refractivity contribution in [3.8, 4) is 0 Å². The van der Waals surface area contributed by atoms with E-state index in [2.05, 4.69) is 22.5 Å². The molecule has 1 saturated carbocycles. The average molecular weight is 349 g/mol. The summed E-state index contributed by atoms with van der Waals surface area (Å²) in [6, 6.07) is 10.3. The van der Waals surface area contributed by atoms with Crippen LogP contribution in [0.4, 0.5) is 0 Å². The van der Waals surface area contributed by atoms with E-state index in [0.717, 1.165) is 24.8 Å². The molecule has 1 heterocycles. The zero-order valence-electron chi connectivity index (χ0n) is 13.7. The second kappa shape index (κ2) is 8.85. The Morgan fingerprint density at radius 3 is 2.71 bits per heavy atom. The Bertz CT molecular complexity index is 644. The van der Waals surface area contributed by atoms with E-state index in [1.165, 1.54) is 5.56 Å². The maximum absolute atomic E-state index is 12.2. The predicted molar refractivity (Wildman–Crippen MR) is 96.8 cm³/mol. The van der Waals surface area contributed by atoms with Crippen LogP contribution in [0.15, 0.2) is 42.7 Å². The SMILES string of the molecule is Cl.N[C@@H]1CCC[C@H]1CC(=O)NCc1ccccc1Cn1cccn1. The fourth-order valence-electron chi connectivity index (χ4n) is 3.28. The number of nitrogens with two attached hydrogens (primary N) is 1. The molecule has 2 aromatic rings. The molecule has 24 heavy (non-hydrogen) atoms. The quantitative estimate of drug-likeness (QED) is 0.842. The lowest BCUT2D eigenvalue weighted by Gasteiger charge is -2.15. The molecular formula is C18H25ClN4O. The molecule has 2 atom stereocenters. The van der Waals surface area contributed by atoms with Crippen LogP contribution < -0.4 is 11.1 Å². The van der Waals surface area contributed by atoms with Gasteiger partial charge in [-0.1, -0.05) is 30.7 Å². The van der Waals surface area contributed by atoms with Crippen LogP contribution in [0.1, 0.15) is 36.8 Å². The molecule has 0 aliphatic heterocycles. The van der Waals surface area contributed by atoms with Gasteiger partial charge in [0.1, 0.15) is 0 Å². The Morgan fingerprint density at radius 1 is 1.25 bits per heavy atom. The van der Waals surface area contributed by atoms with Gasteiger partial charge in [-0.25, -0.2) is 0 Å². The van der Waals surface area contributed by atoms with Gasteiger partial charge in [0.25, 0.3) is 0 Å². The summed E-state index contributed by atoms with van der Waals surface area (Å²) in [5, 5.41) is 7.28. The average Bonchev–Trinajstić information content (AvgIpc) is 3.19. The van der Waals surface area contributed by atoms with Crippen LogP contribution in [0.3, 0.4) is 0 Å². The number of amides is 1. The third-order valence-electron chi connectivity index (χ3n) is 4.65. The molecule has 0 bridgehead atoms. The summed E-state index contributed by atoms with van der Waals surface area (Å²) in [7, 11) is 0. The van der Waals surface area contributed by atoms with E-state index in [4.69, 9.17) is 5.73 Å². The molecule has 1 aliphatic carbocycles. The third-order valence-corrected chi connectivity index (χ3v) is 4.65. The molecule has 5 nitrogen and oxygen atoms in total. The number of rotatable bonds is 6. The van der Waals surface area contributed by atoms with E-state index in [0.29, 0.717) is 25.4 Å². The van der Waals surface area contributed by atoms with E-state index in [-0.39, 0.29) is 24.4 Å². The molecule has 1 aromatic carbocycles. The zero-order valence-corrected chi connectivity index (χ0v) is 14.5. The molecule has 1 amide bonds. The summed E-state index contributed by atoms with van der Waals surface area (Å²) in [5.41, 5.74) is 8.35. The number of aromatic nitrogens is 2. The van der Waals surface area contributed by atoms with Crippen molar-refractivity contribution in [2.45, 2.75) is 44.8 Å². The molecule has 0 radical (unpaired) electrons. The van der Waals surface area contributed by atoms with Crippen LogP contribution in [-0.2, 0) is 17.9 Å². The number of nitrogens with one attached hydrogen (secondary N) is 1. The number of carbonyl (C=O) groups excluding carboxylic acids is 1. The van der Waals surface area contributed by atoms with Crippen molar-refractivity contribution in [3.63, 3.8) is 0 Å². The highest BCUT2D eigenvalue weighted by atomic mass is 35.5. The Hall–Kier alpha value is -1.85. The number of hydrogen-bond donors (Lipinski definition) is 2. The molecule has 0 saturated heterocycles. The predicted octanol–water partition coefficient (Wildman–Crippen LogP) is 2.49. The second-order valence-corrected chi connectivity index (χ2v) is 6.31. The van der Waals surface area contributed by atoms with Gasteiger partial charge >= 0.3 is 0 Å². The van der Waals surface area contributed by atoms with Gasteiger partial charge in [0.05, 0.1) is 6.54 Å². The molecule has 3 rings (SSSR count). The topological polar surface area (TPSA) is 72.9 Å². The van der Waals surface area contributed by atoms with Crippen LogP contribution in [-0.4, -0.2) is 21.7 Å². The van der Waals surface area contributed by atoms with Crippen molar-refractivity contribution in [1.82, 2.24) is 15.1 Å². The summed E-state index contributed by atoms with van der Waals surface area (Å²) in [6.45, 7) is 1.27. The highest BCUT2D eigenvalue weighted by molar-refractivity contribution is 5.85. The Labute approximate surface area is 149 Å². The standard InChI is InChI=1S/C18H24N4O.ClH/c19-17-8-3-7-14(17)11-18(23)20-12-15-5-1-2-6-16(15)13-22-10-4-9-21-22;/h1-2,4-6,9-10,14,17H,3,7-8,11-13,19H2,(H,20,23);1H/t14-,17+;/m0./s1. The minimum atomic E-state index is 0. The molecule has 130 valence electrons. The van der Waals surface area contributed by atoms with E-state index < -0.39 is 0 Å². The number of carbonyl (C=O) groups is 1. The Balaban J connectivity index is 0.00000208. The summed E-state index contributed by atoms with van der Waals surface area (Å²) in [5.74, 6) is 0.440. The largest absolute Gasteiger partial charge is 0.352 e. The fourth-order valence-corrected chi connectivity index (χ4v) is 3.28. The van der Waals surface area contributed by atoms with Gasteiger partial charge in [0.2, 0.25) is 5.91 Å². The van der Waals surface area contributed by atoms with Crippen LogP contribution in [0, 0.1) is 5.92 Å². The highest BCUT2D eigenvalue weighted by Gasteiger charge is 2.25. The van der Waals surface area contributed by atoms with Crippen molar-refractivity contribution in [2.24, 2.45) is 11.7 Å². The van der Waals surface area contributed by atoms with Gasteiger partial charge in [-0.2, -0.15) is 5.10 Å². The molecular weight excluding hydrogens is 324 g/mol. The van der Waals surface area contributed by atoms with Gasteiger partial charge in [0.15, 0.2) is 0 Å². The van der Waals surface area contributed by atoms with E-state index in [1.54, 1.807) is 6.20 Å². The summed E-state index contributed by atoms with van der Waals surface area (Å²) >= 11 is 0. The molecule has 0 spiro atoms. The fraction of sp³-hybridized carbons (Fsp3) is 0.444. The monoisotopic (exact) mass is 348 g/mol. The second-order valence-electron chi connectivity index (χ2n) is 6.31. The molecule has 1 aromatic heterocycles. The van der Waals surface area contributed by atoms with Gasteiger partial charge < -0.3 is 11.1 Å². The lowest BCUT2D eigenvalue weighted by atomic mass is 10.00.